The third kappa shape index (κ3) is 6.57. The van der Waals surface area contributed by atoms with Crippen LogP contribution in [0, 0.1) is 11.2 Å². The van der Waals surface area contributed by atoms with E-state index in [2.05, 4.69) is 10.2 Å². The Labute approximate surface area is 249 Å². The summed E-state index contributed by atoms with van der Waals surface area (Å²) in [5, 5.41) is 2.85. The van der Waals surface area contributed by atoms with Crippen molar-refractivity contribution in [3.63, 3.8) is 0 Å². The molecule has 5 rings (SSSR count). The summed E-state index contributed by atoms with van der Waals surface area (Å²) < 4.78 is 70.3. The molecule has 1 N–H and O–H groups in total. The average molecular weight is 621 g/mol. The quantitative estimate of drug-likeness (QED) is 0.495. The van der Waals surface area contributed by atoms with E-state index in [4.69, 9.17) is 0 Å². The van der Waals surface area contributed by atoms with Crippen molar-refractivity contribution in [3.8, 4) is 0 Å². The summed E-state index contributed by atoms with van der Waals surface area (Å²) in [5.74, 6) is -0.805. The van der Waals surface area contributed by atoms with Gasteiger partial charge < -0.3 is 5.32 Å². The number of rotatable bonds is 7. The second-order valence-electron chi connectivity index (χ2n) is 12.6. The Morgan fingerprint density at radius 1 is 0.833 bits per heavy atom. The van der Waals surface area contributed by atoms with E-state index in [0.29, 0.717) is 44.8 Å². The molecule has 3 fully saturated rings. The van der Waals surface area contributed by atoms with Gasteiger partial charge in [0.1, 0.15) is 5.82 Å². The van der Waals surface area contributed by atoms with E-state index in [1.54, 1.807) is 22.5 Å². The summed E-state index contributed by atoms with van der Waals surface area (Å²) in [4.78, 5) is 15.1. The van der Waals surface area contributed by atoms with Crippen molar-refractivity contribution in [2.24, 2.45) is 5.41 Å². The molecule has 12 heteroatoms. The molecule has 1 amide bonds. The lowest BCUT2D eigenvalue weighted by atomic mass is 9.69. The van der Waals surface area contributed by atoms with Crippen molar-refractivity contribution in [1.29, 1.82) is 0 Å². The van der Waals surface area contributed by atoms with Crippen LogP contribution in [0.15, 0.2) is 58.3 Å². The Balaban J connectivity index is 1.20. The summed E-state index contributed by atoms with van der Waals surface area (Å²) in [6.07, 6.45) is 5.80. The number of hydrogen-bond acceptors (Lipinski definition) is 6. The summed E-state index contributed by atoms with van der Waals surface area (Å²) in [6, 6.07) is 11.6. The minimum absolute atomic E-state index is 0.0328. The maximum atomic E-state index is 13.9. The molecule has 0 radical (unpaired) electrons. The van der Waals surface area contributed by atoms with E-state index in [1.807, 2.05) is 13.8 Å². The van der Waals surface area contributed by atoms with Crippen LogP contribution in [0.1, 0.15) is 58.8 Å². The molecule has 9 nitrogen and oxygen atoms in total. The Kier molecular flexibility index (Phi) is 8.84. The van der Waals surface area contributed by atoms with E-state index in [0.717, 1.165) is 44.6 Å². The number of anilines is 1. The predicted octanol–water partition coefficient (Wildman–Crippen LogP) is 4.28. The van der Waals surface area contributed by atoms with Gasteiger partial charge in [-0.05, 0) is 107 Å². The zero-order chi connectivity index (χ0) is 30.2. The molecular weight excluding hydrogens is 579 g/mol. The molecule has 0 aromatic heterocycles. The molecule has 0 bridgehead atoms. The van der Waals surface area contributed by atoms with Gasteiger partial charge in [-0.25, -0.2) is 21.2 Å². The van der Waals surface area contributed by atoms with Crippen LogP contribution in [0.3, 0.4) is 0 Å². The average Bonchev–Trinajstić information content (AvgIpc) is 2.96. The molecule has 3 aliphatic heterocycles. The normalized spacial score (nSPS) is 22.2. The molecule has 1 spiro atoms. The van der Waals surface area contributed by atoms with Gasteiger partial charge in [-0.1, -0.05) is 18.6 Å². The number of sulfonamides is 2. The number of nitrogens with zero attached hydrogens (tertiary/aromatic N) is 3. The molecule has 2 aromatic carbocycles. The predicted molar refractivity (Wildman–Crippen MR) is 159 cm³/mol. The van der Waals surface area contributed by atoms with Crippen molar-refractivity contribution in [2.45, 2.75) is 74.1 Å². The molecule has 0 aliphatic carbocycles. The lowest BCUT2D eigenvalue weighted by Crippen LogP contribution is -2.59. The van der Waals surface area contributed by atoms with Crippen LogP contribution < -0.4 is 5.32 Å². The van der Waals surface area contributed by atoms with Crippen LogP contribution in [0.4, 0.5) is 10.1 Å². The molecule has 3 saturated heterocycles. The van der Waals surface area contributed by atoms with Crippen molar-refractivity contribution in [2.75, 3.05) is 44.6 Å². The number of piperidine rings is 3. The van der Waals surface area contributed by atoms with Gasteiger partial charge in [-0.15, -0.1) is 0 Å². The second-order valence-corrected chi connectivity index (χ2v) is 16.4. The first-order chi connectivity index (χ1) is 19.8. The van der Waals surface area contributed by atoms with E-state index in [-0.39, 0.29) is 27.7 Å². The van der Waals surface area contributed by atoms with Gasteiger partial charge in [0.2, 0.25) is 26.0 Å². The fourth-order valence-corrected chi connectivity index (χ4v) is 9.96. The zero-order valence-electron chi connectivity index (χ0n) is 24.4. The fourth-order valence-electron chi connectivity index (χ4n) is 6.44. The molecule has 0 atom stereocenters. The van der Waals surface area contributed by atoms with Crippen LogP contribution in [0.2, 0.25) is 0 Å². The molecule has 0 saturated carbocycles. The number of benzene rings is 2. The van der Waals surface area contributed by atoms with Gasteiger partial charge in [-0.2, -0.15) is 8.61 Å². The van der Waals surface area contributed by atoms with Gasteiger partial charge in [0.15, 0.2) is 0 Å². The number of nitrogens with one attached hydrogen (secondary N) is 1. The van der Waals surface area contributed by atoms with Crippen LogP contribution in [0.5, 0.6) is 0 Å². The lowest BCUT2D eigenvalue weighted by Gasteiger charge is -2.53. The highest BCUT2D eigenvalue weighted by Crippen LogP contribution is 2.46. The number of likely N-dealkylation sites (tertiary alicyclic amines) is 1. The van der Waals surface area contributed by atoms with E-state index < -0.39 is 31.4 Å². The van der Waals surface area contributed by atoms with E-state index in [1.165, 1.54) is 28.6 Å². The van der Waals surface area contributed by atoms with Gasteiger partial charge in [0, 0.05) is 30.9 Å². The van der Waals surface area contributed by atoms with Crippen molar-refractivity contribution < 1.29 is 26.0 Å². The van der Waals surface area contributed by atoms with Crippen LogP contribution in [-0.4, -0.2) is 81.1 Å². The first kappa shape index (κ1) is 31.1. The number of carbonyl (C=O) groups is 1. The highest BCUT2D eigenvalue weighted by Gasteiger charge is 2.49. The number of hydrogen-bond donors (Lipinski definition) is 1. The van der Waals surface area contributed by atoms with Crippen LogP contribution in [-0.2, 0) is 24.8 Å². The molecule has 42 heavy (non-hydrogen) atoms. The summed E-state index contributed by atoms with van der Waals surface area (Å²) in [6.45, 7) is 6.68. The highest BCUT2D eigenvalue weighted by atomic mass is 32.2. The van der Waals surface area contributed by atoms with Crippen molar-refractivity contribution >= 4 is 31.6 Å². The van der Waals surface area contributed by atoms with Gasteiger partial charge in [-0.3, -0.25) is 9.69 Å². The largest absolute Gasteiger partial charge is 0.325 e. The molecular formula is C30H41FN4O5S2. The third-order valence-electron chi connectivity index (χ3n) is 9.16. The molecule has 2 aromatic rings. The van der Waals surface area contributed by atoms with Gasteiger partial charge >= 0.3 is 0 Å². The van der Waals surface area contributed by atoms with Crippen molar-refractivity contribution in [1.82, 2.24) is 13.5 Å². The number of halogens is 1. The maximum absolute atomic E-state index is 13.9. The number of carbonyl (C=O) groups excluding carboxylic acids is 1. The monoisotopic (exact) mass is 620 g/mol. The fraction of sp³-hybridized carbons (Fsp3) is 0.567. The van der Waals surface area contributed by atoms with E-state index >= 15 is 0 Å². The van der Waals surface area contributed by atoms with Crippen LogP contribution >= 0.6 is 0 Å². The maximum Gasteiger partial charge on any atom is 0.243 e. The van der Waals surface area contributed by atoms with Crippen molar-refractivity contribution in [3.05, 3.63) is 54.3 Å². The number of amides is 1. The minimum atomic E-state index is -3.89. The summed E-state index contributed by atoms with van der Waals surface area (Å²) >= 11 is 0. The first-order valence-corrected chi connectivity index (χ1v) is 17.6. The first-order valence-electron chi connectivity index (χ1n) is 14.7. The molecule has 230 valence electrons. The summed E-state index contributed by atoms with van der Waals surface area (Å²) in [5.41, 5.74) is -0.358. The Morgan fingerprint density at radius 2 is 1.48 bits per heavy atom. The Morgan fingerprint density at radius 3 is 2.14 bits per heavy atom. The Hall–Kier alpha value is -2.38. The van der Waals surface area contributed by atoms with Gasteiger partial charge in [0.05, 0.1) is 16.3 Å². The van der Waals surface area contributed by atoms with E-state index in [9.17, 15) is 26.0 Å². The van der Waals surface area contributed by atoms with Crippen LogP contribution in [0.25, 0.3) is 0 Å². The zero-order valence-corrected chi connectivity index (χ0v) is 26.0. The smallest absolute Gasteiger partial charge is 0.243 e. The SMILES string of the molecule is CC1(C)CCC2(CCN(CC(=O)Nc3cccc(S(=O)(=O)N4CCCCC4)c3)CC2)CN1S(=O)(=O)c1cccc(F)c1. The minimum Gasteiger partial charge on any atom is -0.325 e. The third-order valence-corrected chi connectivity index (χ3v) is 13.1. The van der Waals surface area contributed by atoms with Gasteiger partial charge in [0.25, 0.3) is 0 Å². The molecule has 3 heterocycles. The topological polar surface area (TPSA) is 107 Å². The Bertz CT molecular complexity index is 1520. The standard InChI is InChI=1S/C30H41FN4O5S2/c1-29(2)12-13-30(23-35(29)42(39,40)26-10-6-8-24(31)20-26)14-18-33(19-15-30)22-28(36)32-25-9-7-11-27(21-25)41(37,38)34-16-4-3-5-17-34/h6-11,20-21H,3-5,12-19,22-23H2,1-2H3,(H,32,36). The lowest BCUT2D eigenvalue weighted by molar-refractivity contribution is -0.118. The molecule has 3 aliphatic rings. The molecule has 0 unspecified atom stereocenters. The second kappa shape index (κ2) is 12.0. The summed E-state index contributed by atoms with van der Waals surface area (Å²) in [7, 11) is -7.49. The highest BCUT2D eigenvalue weighted by molar-refractivity contribution is 7.89.